The summed E-state index contributed by atoms with van der Waals surface area (Å²) >= 11 is 0. The highest BCUT2D eigenvalue weighted by atomic mass is 16.2. The van der Waals surface area contributed by atoms with Crippen LogP contribution < -0.4 is 10.2 Å². The fourth-order valence-electron chi connectivity index (χ4n) is 2.49. The quantitative estimate of drug-likeness (QED) is 0.633. The zero-order valence-corrected chi connectivity index (χ0v) is 14.0. The van der Waals surface area contributed by atoms with Crippen molar-refractivity contribution in [2.24, 2.45) is 0 Å². The van der Waals surface area contributed by atoms with Gasteiger partial charge in [-0.05, 0) is 19.1 Å². The van der Waals surface area contributed by atoms with Gasteiger partial charge in [0, 0.05) is 51.4 Å². The Hall–Kier alpha value is -2.63. The van der Waals surface area contributed by atoms with E-state index in [0.717, 1.165) is 18.9 Å². The molecule has 0 spiro atoms. The summed E-state index contributed by atoms with van der Waals surface area (Å²) < 4.78 is 0. The molecule has 0 radical (unpaired) electrons. The van der Waals surface area contributed by atoms with E-state index in [9.17, 15) is 9.59 Å². The minimum atomic E-state index is -0.180. The number of piperazine rings is 1. The standard InChI is InChI=1S/C18H24N4O2/c1-2-3-4-8-17(23)20-11-9-18(24)22-14-12-21(13-15-22)16-7-5-6-10-19-16/h2-8,10H,9,11-15H2,1H3,(H,20,23)/b3-2+,8-4+. The lowest BCUT2D eigenvalue weighted by Crippen LogP contribution is -2.49. The van der Waals surface area contributed by atoms with Crippen molar-refractivity contribution in [3.8, 4) is 0 Å². The van der Waals surface area contributed by atoms with Gasteiger partial charge >= 0.3 is 0 Å². The van der Waals surface area contributed by atoms with Crippen molar-refractivity contribution in [2.45, 2.75) is 13.3 Å². The largest absolute Gasteiger partial charge is 0.353 e. The number of rotatable bonds is 6. The van der Waals surface area contributed by atoms with Crippen LogP contribution in [0.4, 0.5) is 5.82 Å². The number of nitrogens with zero attached hydrogens (tertiary/aromatic N) is 3. The number of carbonyl (C=O) groups excluding carboxylic acids is 2. The molecule has 24 heavy (non-hydrogen) atoms. The maximum atomic E-state index is 12.2. The second-order valence-electron chi connectivity index (χ2n) is 5.48. The van der Waals surface area contributed by atoms with Crippen LogP contribution in [0.25, 0.3) is 0 Å². The molecule has 0 bridgehead atoms. The van der Waals surface area contributed by atoms with Gasteiger partial charge in [-0.2, -0.15) is 0 Å². The SMILES string of the molecule is C/C=C/C=C/C(=O)NCCC(=O)N1CCN(c2ccccn2)CC1. The number of carbonyl (C=O) groups is 2. The third-order valence-corrected chi connectivity index (χ3v) is 3.79. The van der Waals surface area contributed by atoms with Crippen LogP contribution in [-0.4, -0.2) is 54.4 Å². The van der Waals surface area contributed by atoms with Gasteiger partial charge in [-0.15, -0.1) is 0 Å². The topological polar surface area (TPSA) is 65.5 Å². The van der Waals surface area contributed by atoms with Crippen LogP contribution in [0.15, 0.2) is 48.7 Å². The molecule has 1 fully saturated rings. The zero-order chi connectivity index (χ0) is 17.2. The highest BCUT2D eigenvalue weighted by molar-refractivity contribution is 5.88. The normalized spacial score (nSPS) is 15.2. The van der Waals surface area contributed by atoms with Crippen LogP contribution in [0.1, 0.15) is 13.3 Å². The molecule has 2 rings (SSSR count). The van der Waals surface area contributed by atoms with Crippen molar-refractivity contribution >= 4 is 17.6 Å². The number of aromatic nitrogens is 1. The van der Waals surface area contributed by atoms with Crippen LogP contribution in [-0.2, 0) is 9.59 Å². The Morgan fingerprint density at radius 2 is 2.00 bits per heavy atom. The fraction of sp³-hybridized carbons (Fsp3) is 0.389. The monoisotopic (exact) mass is 328 g/mol. The fourth-order valence-corrected chi connectivity index (χ4v) is 2.49. The second-order valence-corrected chi connectivity index (χ2v) is 5.48. The van der Waals surface area contributed by atoms with E-state index in [0.29, 0.717) is 26.1 Å². The second kappa shape index (κ2) is 9.50. The maximum absolute atomic E-state index is 12.2. The van der Waals surface area contributed by atoms with Gasteiger partial charge in [0.25, 0.3) is 0 Å². The van der Waals surface area contributed by atoms with Crippen LogP contribution in [0, 0.1) is 0 Å². The zero-order valence-electron chi connectivity index (χ0n) is 14.0. The Morgan fingerprint density at radius 3 is 2.67 bits per heavy atom. The van der Waals surface area contributed by atoms with E-state index in [2.05, 4.69) is 15.2 Å². The molecule has 6 heteroatoms. The Morgan fingerprint density at radius 1 is 1.21 bits per heavy atom. The predicted molar refractivity (Wildman–Crippen MR) is 94.6 cm³/mol. The van der Waals surface area contributed by atoms with E-state index in [1.165, 1.54) is 6.08 Å². The molecule has 1 aromatic rings. The van der Waals surface area contributed by atoms with E-state index in [1.807, 2.05) is 36.1 Å². The molecule has 0 atom stereocenters. The van der Waals surface area contributed by atoms with Gasteiger partial charge in [0.15, 0.2) is 0 Å². The molecule has 1 aliphatic heterocycles. The molecule has 1 aliphatic rings. The number of nitrogens with one attached hydrogen (secondary N) is 1. The van der Waals surface area contributed by atoms with Gasteiger partial charge in [0.05, 0.1) is 0 Å². The van der Waals surface area contributed by atoms with Crippen LogP contribution in [0.2, 0.25) is 0 Å². The number of anilines is 1. The number of hydrogen-bond acceptors (Lipinski definition) is 4. The Balaban J connectivity index is 1.68. The molecule has 1 saturated heterocycles. The highest BCUT2D eigenvalue weighted by Gasteiger charge is 2.21. The molecule has 2 amide bonds. The summed E-state index contributed by atoms with van der Waals surface area (Å²) in [5, 5.41) is 2.72. The molecular formula is C18H24N4O2. The molecule has 6 nitrogen and oxygen atoms in total. The average molecular weight is 328 g/mol. The predicted octanol–water partition coefficient (Wildman–Crippen LogP) is 1.37. The molecule has 2 heterocycles. The Kier molecular flexibility index (Phi) is 7.01. The minimum Gasteiger partial charge on any atom is -0.353 e. The molecule has 1 N–H and O–H groups in total. The van der Waals surface area contributed by atoms with Crippen molar-refractivity contribution in [2.75, 3.05) is 37.6 Å². The van der Waals surface area contributed by atoms with Gasteiger partial charge in [0.1, 0.15) is 5.82 Å². The van der Waals surface area contributed by atoms with E-state index >= 15 is 0 Å². The van der Waals surface area contributed by atoms with E-state index < -0.39 is 0 Å². The summed E-state index contributed by atoms with van der Waals surface area (Å²) in [6.45, 7) is 5.17. The van der Waals surface area contributed by atoms with Gasteiger partial charge in [-0.3, -0.25) is 9.59 Å². The summed E-state index contributed by atoms with van der Waals surface area (Å²) in [4.78, 5) is 32.1. The molecule has 0 saturated carbocycles. The summed E-state index contributed by atoms with van der Waals surface area (Å²) in [5.74, 6) is 0.846. The maximum Gasteiger partial charge on any atom is 0.243 e. The van der Waals surface area contributed by atoms with Crippen molar-refractivity contribution in [3.63, 3.8) is 0 Å². The lowest BCUT2D eigenvalue weighted by atomic mass is 10.2. The highest BCUT2D eigenvalue weighted by Crippen LogP contribution is 2.12. The third kappa shape index (κ3) is 5.53. The molecule has 1 aromatic heterocycles. The van der Waals surface area contributed by atoms with E-state index in [4.69, 9.17) is 0 Å². The molecule has 0 aliphatic carbocycles. The first-order valence-electron chi connectivity index (χ1n) is 8.21. The molecular weight excluding hydrogens is 304 g/mol. The van der Waals surface area contributed by atoms with Crippen LogP contribution in [0.3, 0.4) is 0 Å². The van der Waals surface area contributed by atoms with Crippen LogP contribution >= 0.6 is 0 Å². The van der Waals surface area contributed by atoms with Crippen molar-refractivity contribution in [1.82, 2.24) is 15.2 Å². The minimum absolute atomic E-state index is 0.0772. The lowest BCUT2D eigenvalue weighted by molar-refractivity contribution is -0.131. The first-order valence-corrected chi connectivity index (χ1v) is 8.21. The lowest BCUT2D eigenvalue weighted by Gasteiger charge is -2.35. The van der Waals surface area contributed by atoms with Gasteiger partial charge in [-0.25, -0.2) is 4.98 Å². The summed E-state index contributed by atoms with van der Waals surface area (Å²) in [6.07, 6.45) is 8.86. The molecule has 128 valence electrons. The van der Waals surface area contributed by atoms with E-state index in [1.54, 1.807) is 18.3 Å². The van der Waals surface area contributed by atoms with Crippen LogP contribution in [0.5, 0.6) is 0 Å². The van der Waals surface area contributed by atoms with Crippen molar-refractivity contribution in [3.05, 3.63) is 48.7 Å². The van der Waals surface area contributed by atoms with E-state index in [-0.39, 0.29) is 11.8 Å². The first kappa shape index (κ1) is 17.7. The summed E-state index contributed by atoms with van der Waals surface area (Å²) in [7, 11) is 0. The number of allylic oxidation sites excluding steroid dienone is 3. The first-order chi connectivity index (χ1) is 11.7. The van der Waals surface area contributed by atoms with Gasteiger partial charge < -0.3 is 15.1 Å². The van der Waals surface area contributed by atoms with Crippen molar-refractivity contribution in [1.29, 1.82) is 0 Å². The Bertz CT molecular complexity index is 590. The van der Waals surface area contributed by atoms with Gasteiger partial charge in [-0.1, -0.05) is 24.3 Å². The van der Waals surface area contributed by atoms with Gasteiger partial charge in [0.2, 0.25) is 11.8 Å². The van der Waals surface area contributed by atoms with Crippen molar-refractivity contribution < 1.29 is 9.59 Å². The number of hydrogen-bond donors (Lipinski definition) is 1. The Labute approximate surface area is 142 Å². The number of amides is 2. The summed E-state index contributed by atoms with van der Waals surface area (Å²) in [5.41, 5.74) is 0. The average Bonchev–Trinajstić information content (AvgIpc) is 2.63. The smallest absolute Gasteiger partial charge is 0.243 e. The third-order valence-electron chi connectivity index (χ3n) is 3.79. The summed E-state index contributed by atoms with van der Waals surface area (Å²) in [6, 6.07) is 5.84. The molecule has 0 aromatic carbocycles. The number of pyridine rings is 1. The molecule has 0 unspecified atom stereocenters.